The first kappa shape index (κ1) is 10.5. The van der Waals surface area contributed by atoms with Crippen LogP contribution in [0.2, 0.25) is 5.02 Å². The first-order valence-corrected chi connectivity index (χ1v) is 4.50. The molecule has 0 aromatic heterocycles. The van der Waals surface area contributed by atoms with Crippen molar-refractivity contribution in [3.63, 3.8) is 0 Å². The second-order valence-corrected chi connectivity index (χ2v) is 3.47. The highest BCUT2D eigenvalue weighted by atomic mass is 35.5. The molecule has 0 saturated heterocycles. The van der Waals surface area contributed by atoms with Crippen LogP contribution in [0, 0.1) is 19.7 Å². The normalized spacial score (nSPS) is 10.5. The van der Waals surface area contributed by atoms with E-state index in [1.807, 2.05) is 13.8 Å². The van der Waals surface area contributed by atoms with Crippen LogP contribution in [-0.4, -0.2) is 11.7 Å². The Morgan fingerprint density at radius 1 is 1.46 bits per heavy atom. The zero-order chi connectivity index (χ0) is 10.0. The second-order valence-electron chi connectivity index (χ2n) is 3.07. The molecule has 0 spiro atoms. The third-order valence-electron chi connectivity index (χ3n) is 2.22. The number of aliphatic hydroxyl groups excluding tert-OH is 1. The van der Waals surface area contributed by atoms with Gasteiger partial charge in [0.25, 0.3) is 0 Å². The molecule has 1 aromatic carbocycles. The van der Waals surface area contributed by atoms with Crippen molar-refractivity contribution in [3.05, 3.63) is 33.6 Å². The van der Waals surface area contributed by atoms with Gasteiger partial charge in [-0.2, -0.15) is 0 Å². The van der Waals surface area contributed by atoms with Gasteiger partial charge in [0.2, 0.25) is 0 Å². The molecule has 72 valence electrons. The van der Waals surface area contributed by atoms with Gasteiger partial charge in [0.15, 0.2) is 0 Å². The summed E-state index contributed by atoms with van der Waals surface area (Å²) < 4.78 is 13.4. The van der Waals surface area contributed by atoms with Crippen molar-refractivity contribution < 1.29 is 9.50 Å². The van der Waals surface area contributed by atoms with Gasteiger partial charge in [-0.05, 0) is 43.0 Å². The molecular weight excluding hydrogens is 191 g/mol. The van der Waals surface area contributed by atoms with Crippen LogP contribution in [0.25, 0.3) is 0 Å². The Morgan fingerprint density at radius 3 is 2.62 bits per heavy atom. The number of aliphatic hydroxyl groups is 1. The molecule has 0 amide bonds. The molecule has 0 aliphatic rings. The lowest BCUT2D eigenvalue weighted by Gasteiger charge is -2.10. The fourth-order valence-electron chi connectivity index (χ4n) is 1.32. The SMILES string of the molecule is Cc1cc(Cl)c(F)c(CCO)c1C. The van der Waals surface area contributed by atoms with Gasteiger partial charge in [-0.15, -0.1) is 0 Å². The molecule has 0 aliphatic carbocycles. The lowest BCUT2D eigenvalue weighted by Crippen LogP contribution is -2.01. The molecule has 1 N–H and O–H groups in total. The van der Waals surface area contributed by atoms with Crippen molar-refractivity contribution in [2.45, 2.75) is 20.3 Å². The fraction of sp³-hybridized carbons (Fsp3) is 0.400. The van der Waals surface area contributed by atoms with Crippen molar-refractivity contribution in [2.24, 2.45) is 0 Å². The fourth-order valence-corrected chi connectivity index (χ4v) is 1.60. The van der Waals surface area contributed by atoms with Crippen molar-refractivity contribution in [1.29, 1.82) is 0 Å². The van der Waals surface area contributed by atoms with E-state index >= 15 is 0 Å². The van der Waals surface area contributed by atoms with E-state index in [0.717, 1.165) is 11.1 Å². The van der Waals surface area contributed by atoms with E-state index in [0.29, 0.717) is 12.0 Å². The molecule has 0 heterocycles. The molecular formula is C10H12ClFO. The third-order valence-corrected chi connectivity index (χ3v) is 2.50. The Labute approximate surface area is 82.2 Å². The standard InChI is InChI=1S/C10H12ClFO/c1-6-5-9(11)10(12)8(3-4-13)7(6)2/h5,13H,3-4H2,1-2H3. The summed E-state index contributed by atoms with van der Waals surface area (Å²) in [5.41, 5.74) is 2.35. The van der Waals surface area contributed by atoms with Gasteiger partial charge in [-0.25, -0.2) is 4.39 Å². The monoisotopic (exact) mass is 202 g/mol. The first-order valence-electron chi connectivity index (χ1n) is 4.13. The molecule has 0 atom stereocenters. The Kier molecular flexibility index (Phi) is 3.28. The van der Waals surface area contributed by atoms with Crippen LogP contribution in [0.5, 0.6) is 0 Å². The second kappa shape index (κ2) is 4.07. The molecule has 0 saturated carbocycles. The molecule has 3 heteroatoms. The minimum atomic E-state index is -0.404. The lowest BCUT2D eigenvalue weighted by atomic mass is 10.0. The molecule has 1 rings (SSSR count). The zero-order valence-corrected chi connectivity index (χ0v) is 8.45. The van der Waals surface area contributed by atoms with Gasteiger partial charge in [-0.1, -0.05) is 11.6 Å². The van der Waals surface area contributed by atoms with Crippen LogP contribution >= 0.6 is 11.6 Å². The van der Waals surface area contributed by atoms with E-state index in [1.165, 1.54) is 0 Å². The lowest BCUT2D eigenvalue weighted by molar-refractivity contribution is 0.297. The summed E-state index contributed by atoms with van der Waals surface area (Å²) in [5, 5.41) is 8.87. The van der Waals surface area contributed by atoms with Gasteiger partial charge in [0, 0.05) is 6.61 Å². The van der Waals surface area contributed by atoms with Crippen LogP contribution in [0.4, 0.5) is 4.39 Å². The number of hydrogen-bond acceptors (Lipinski definition) is 1. The van der Waals surface area contributed by atoms with Crippen molar-refractivity contribution in [3.8, 4) is 0 Å². The number of halogens is 2. The maximum atomic E-state index is 13.4. The maximum absolute atomic E-state index is 13.4. The number of rotatable bonds is 2. The topological polar surface area (TPSA) is 20.2 Å². The Morgan fingerprint density at radius 2 is 2.08 bits per heavy atom. The quantitative estimate of drug-likeness (QED) is 0.782. The highest BCUT2D eigenvalue weighted by Crippen LogP contribution is 2.24. The van der Waals surface area contributed by atoms with E-state index < -0.39 is 5.82 Å². The van der Waals surface area contributed by atoms with Gasteiger partial charge in [-0.3, -0.25) is 0 Å². The highest BCUT2D eigenvalue weighted by molar-refractivity contribution is 6.30. The van der Waals surface area contributed by atoms with E-state index in [9.17, 15) is 4.39 Å². The summed E-state index contributed by atoms with van der Waals surface area (Å²) in [6.45, 7) is 3.65. The van der Waals surface area contributed by atoms with E-state index in [-0.39, 0.29) is 11.6 Å². The molecule has 1 nitrogen and oxygen atoms in total. The van der Waals surface area contributed by atoms with Crippen molar-refractivity contribution >= 4 is 11.6 Å². The number of hydrogen-bond donors (Lipinski definition) is 1. The predicted octanol–water partition coefficient (Wildman–Crippen LogP) is 2.63. The Hall–Kier alpha value is -0.600. The Balaban J connectivity index is 3.28. The smallest absolute Gasteiger partial charge is 0.145 e. The minimum Gasteiger partial charge on any atom is -0.396 e. The molecule has 0 fully saturated rings. The minimum absolute atomic E-state index is 0.0580. The molecule has 13 heavy (non-hydrogen) atoms. The summed E-state index contributed by atoms with van der Waals surface area (Å²) in [5.74, 6) is -0.404. The summed E-state index contributed by atoms with van der Waals surface area (Å²) in [4.78, 5) is 0. The van der Waals surface area contributed by atoms with Crippen LogP contribution < -0.4 is 0 Å². The molecule has 0 radical (unpaired) electrons. The molecule has 0 bridgehead atoms. The molecule has 0 unspecified atom stereocenters. The summed E-state index contributed by atoms with van der Waals surface area (Å²) >= 11 is 5.67. The predicted molar refractivity (Wildman–Crippen MR) is 51.7 cm³/mol. The van der Waals surface area contributed by atoms with E-state index in [2.05, 4.69) is 0 Å². The average molecular weight is 203 g/mol. The number of benzene rings is 1. The van der Waals surface area contributed by atoms with Gasteiger partial charge >= 0.3 is 0 Å². The summed E-state index contributed by atoms with van der Waals surface area (Å²) in [7, 11) is 0. The first-order chi connectivity index (χ1) is 6.07. The van der Waals surface area contributed by atoms with Crippen molar-refractivity contribution in [1.82, 2.24) is 0 Å². The third kappa shape index (κ3) is 2.01. The molecule has 0 aliphatic heterocycles. The highest BCUT2D eigenvalue weighted by Gasteiger charge is 2.11. The maximum Gasteiger partial charge on any atom is 0.145 e. The van der Waals surface area contributed by atoms with Crippen LogP contribution in [-0.2, 0) is 6.42 Å². The Bertz CT molecular complexity index is 297. The average Bonchev–Trinajstić information content (AvgIpc) is 2.09. The van der Waals surface area contributed by atoms with Crippen molar-refractivity contribution in [2.75, 3.05) is 6.61 Å². The van der Waals surface area contributed by atoms with Crippen LogP contribution in [0.1, 0.15) is 16.7 Å². The van der Waals surface area contributed by atoms with Gasteiger partial charge < -0.3 is 5.11 Å². The van der Waals surface area contributed by atoms with Gasteiger partial charge in [0.1, 0.15) is 5.82 Å². The van der Waals surface area contributed by atoms with Gasteiger partial charge in [0.05, 0.1) is 5.02 Å². The van der Waals surface area contributed by atoms with Crippen LogP contribution in [0.15, 0.2) is 6.07 Å². The number of aryl methyl sites for hydroxylation is 1. The van der Waals surface area contributed by atoms with Crippen LogP contribution in [0.3, 0.4) is 0 Å². The summed E-state index contributed by atoms with van der Waals surface area (Å²) in [6, 6.07) is 1.60. The van der Waals surface area contributed by atoms with E-state index in [1.54, 1.807) is 6.07 Å². The largest absolute Gasteiger partial charge is 0.396 e. The molecule has 1 aromatic rings. The van der Waals surface area contributed by atoms with E-state index in [4.69, 9.17) is 16.7 Å². The zero-order valence-electron chi connectivity index (χ0n) is 7.69. The summed E-state index contributed by atoms with van der Waals surface area (Å²) in [6.07, 6.45) is 0.319.